The van der Waals surface area contributed by atoms with Crippen molar-refractivity contribution in [1.29, 1.82) is 0 Å². The van der Waals surface area contributed by atoms with Gasteiger partial charge in [0, 0.05) is 5.56 Å². The predicted octanol–water partition coefficient (Wildman–Crippen LogP) is 4.01. The Morgan fingerprint density at radius 3 is 2.73 bits per heavy atom. The van der Waals surface area contributed by atoms with Gasteiger partial charge in [-0.05, 0) is 19.1 Å². The molecule has 0 atom stereocenters. The quantitative estimate of drug-likeness (QED) is 0.682. The van der Waals surface area contributed by atoms with Crippen LogP contribution in [0.15, 0.2) is 65.2 Å². The Morgan fingerprint density at radius 2 is 1.95 bits per heavy atom. The molecule has 4 nitrogen and oxygen atoms in total. The Labute approximate surface area is 128 Å². The Hall–Kier alpha value is -2.88. The van der Waals surface area contributed by atoms with Crippen LogP contribution in [-0.4, -0.2) is 11.0 Å². The summed E-state index contributed by atoms with van der Waals surface area (Å²) in [6.07, 6.45) is 1.63. The molecule has 0 aliphatic carbocycles. The minimum atomic E-state index is -0.386. The lowest BCUT2D eigenvalue weighted by atomic mass is 10.1. The van der Waals surface area contributed by atoms with E-state index in [-0.39, 0.29) is 12.6 Å². The number of oxazole rings is 1. The van der Waals surface area contributed by atoms with Crippen molar-refractivity contribution in [3.8, 4) is 11.3 Å². The Balaban J connectivity index is 1.65. The van der Waals surface area contributed by atoms with Gasteiger partial charge >= 0.3 is 5.97 Å². The number of nitrogens with zero attached hydrogens (tertiary/aromatic N) is 1. The first-order valence-electron chi connectivity index (χ1n) is 6.96. The van der Waals surface area contributed by atoms with Crippen molar-refractivity contribution in [3.05, 3.63) is 77.8 Å². The summed E-state index contributed by atoms with van der Waals surface area (Å²) in [5, 5.41) is 0. The van der Waals surface area contributed by atoms with Crippen LogP contribution in [0.5, 0.6) is 0 Å². The number of aromatic nitrogens is 1. The molecule has 0 radical (unpaired) electrons. The molecule has 3 rings (SSSR count). The van der Waals surface area contributed by atoms with Gasteiger partial charge in [0.25, 0.3) is 0 Å². The molecule has 0 aliphatic rings. The summed E-state index contributed by atoms with van der Waals surface area (Å²) in [5.41, 5.74) is 2.47. The standard InChI is InChI=1S/C18H15NO3/c1-13-6-5-9-15(10-13)18(20)21-12-17-19-11-16(22-17)14-7-3-2-4-8-14/h2-11H,12H2,1H3. The molecule has 0 bridgehead atoms. The second-order valence-corrected chi connectivity index (χ2v) is 4.93. The topological polar surface area (TPSA) is 52.3 Å². The maximum absolute atomic E-state index is 12.0. The van der Waals surface area contributed by atoms with E-state index in [1.54, 1.807) is 18.3 Å². The summed E-state index contributed by atoms with van der Waals surface area (Å²) in [6, 6.07) is 16.9. The van der Waals surface area contributed by atoms with Crippen molar-refractivity contribution < 1.29 is 13.9 Å². The van der Waals surface area contributed by atoms with E-state index in [0.717, 1.165) is 11.1 Å². The number of carbonyl (C=O) groups excluding carboxylic acids is 1. The third kappa shape index (κ3) is 3.23. The van der Waals surface area contributed by atoms with Gasteiger partial charge in [0.05, 0.1) is 11.8 Å². The van der Waals surface area contributed by atoms with Crippen LogP contribution in [0.2, 0.25) is 0 Å². The van der Waals surface area contributed by atoms with E-state index in [9.17, 15) is 4.79 Å². The van der Waals surface area contributed by atoms with E-state index < -0.39 is 0 Å². The van der Waals surface area contributed by atoms with Crippen molar-refractivity contribution in [1.82, 2.24) is 4.98 Å². The molecule has 0 spiro atoms. The molecule has 22 heavy (non-hydrogen) atoms. The summed E-state index contributed by atoms with van der Waals surface area (Å²) in [6.45, 7) is 1.94. The number of aryl methyl sites for hydroxylation is 1. The van der Waals surface area contributed by atoms with Crippen molar-refractivity contribution >= 4 is 5.97 Å². The van der Waals surface area contributed by atoms with E-state index in [2.05, 4.69) is 4.98 Å². The molecule has 0 aliphatic heterocycles. The van der Waals surface area contributed by atoms with Gasteiger partial charge in [-0.25, -0.2) is 9.78 Å². The van der Waals surface area contributed by atoms with Crippen LogP contribution in [0.1, 0.15) is 21.8 Å². The highest BCUT2D eigenvalue weighted by Crippen LogP contribution is 2.20. The minimum Gasteiger partial charge on any atom is -0.452 e. The van der Waals surface area contributed by atoms with Gasteiger partial charge in [-0.2, -0.15) is 0 Å². The Morgan fingerprint density at radius 1 is 1.14 bits per heavy atom. The maximum atomic E-state index is 12.0. The van der Waals surface area contributed by atoms with Crippen LogP contribution < -0.4 is 0 Å². The Kier molecular flexibility index (Phi) is 4.01. The molecular formula is C18H15NO3. The van der Waals surface area contributed by atoms with Gasteiger partial charge in [0.15, 0.2) is 12.4 Å². The van der Waals surface area contributed by atoms with Crippen LogP contribution in [0.3, 0.4) is 0 Å². The van der Waals surface area contributed by atoms with Gasteiger partial charge in [-0.1, -0.05) is 48.0 Å². The zero-order valence-corrected chi connectivity index (χ0v) is 12.2. The molecule has 0 saturated carbocycles. The maximum Gasteiger partial charge on any atom is 0.338 e. The van der Waals surface area contributed by atoms with E-state index in [4.69, 9.17) is 9.15 Å². The molecular weight excluding hydrogens is 278 g/mol. The third-order valence-corrected chi connectivity index (χ3v) is 3.19. The fraction of sp³-hybridized carbons (Fsp3) is 0.111. The average Bonchev–Trinajstić information content (AvgIpc) is 3.02. The van der Waals surface area contributed by atoms with Gasteiger partial charge in [0.1, 0.15) is 0 Å². The number of rotatable bonds is 4. The molecule has 0 fully saturated rings. The number of hydrogen-bond acceptors (Lipinski definition) is 4. The van der Waals surface area contributed by atoms with Crippen molar-refractivity contribution in [2.24, 2.45) is 0 Å². The smallest absolute Gasteiger partial charge is 0.338 e. The van der Waals surface area contributed by atoms with Crippen LogP contribution in [-0.2, 0) is 11.3 Å². The molecule has 110 valence electrons. The van der Waals surface area contributed by atoms with E-state index in [1.807, 2.05) is 49.4 Å². The third-order valence-electron chi connectivity index (χ3n) is 3.19. The van der Waals surface area contributed by atoms with Gasteiger partial charge in [0.2, 0.25) is 5.89 Å². The first kappa shape index (κ1) is 14.1. The largest absolute Gasteiger partial charge is 0.452 e. The van der Waals surface area contributed by atoms with E-state index in [1.165, 1.54) is 0 Å². The van der Waals surface area contributed by atoms with Crippen molar-refractivity contribution in [2.45, 2.75) is 13.5 Å². The lowest BCUT2D eigenvalue weighted by Gasteiger charge is -2.03. The first-order valence-corrected chi connectivity index (χ1v) is 6.96. The molecule has 0 unspecified atom stereocenters. The second kappa shape index (κ2) is 6.26. The Bertz CT molecular complexity index is 778. The highest BCUT2D eigenvalue weighted by Gasteiger charge is 2.11. The SMILES string of the molecule is Cc1cccc(C(=O)OCc2ncc(-c3ccccc3)o2)c1. The first-order chi connectivity index (χ1) is 10.7. The summed E-state index contributed by atoms with van der Waals surface area (Å²) >= 11 is 0. The second-order valence-electron chi connectivity index (χ2n) is 4.93. The van der Waals surface area contributed by atoms with E-state index >= 15 is 0 Å². The number of carbonyl (C=O) groups is 1. The number of benzene rings is 2. The minimum absolute atomic E-state index is 0.0135. The molecule has 0 saturated heterocycles. The van der Waals surface area contributed by atoms with Gasteiger partial charge in [-0.15, -0.1) is 0 Å². The molecule has 1 heterocycles. The van der Waals surface area contributed by atoms with Crippen molar-refractivity contribution in [2.75, 3.05) is 0 Å². The summed E-state index contributed by atoms with van der Waals surface area (Å²) in [4.78, 5) is 16.1. The molecule has 0 N–H and O–H groups in total. The summed E-state index contributed by atoms with van der Waals surface area (Å²) < 4.78 is 10.8. The van der Waals surface area contributed by atoms with Crippen LogP contribution in [0.25, 0.3) is 11.3 Å². The normalized spacial score (nSPS) is 10.4. The molecule has 1 aromatic heterocycles. The van der Waals surface area contributed by atoms with Crippen LogP contribution in [0.4, 0.5) is 0 Å². The fourth-order valence-electron chi connectivity index (χ4n) is 2.10. The molecule has 4 heteroatoms. The monoisotopic (exact) mass is 293 g/mol. The van der Waals surface area contributed by atoms with Gasteiger partial charge in [-0.3, -0.25) is 0 Å². The zero-order valence-electron chi connectivity index (χ0n) is 12.2. The molecule has 3 aromatic rings. The van der Waals surface area contributed by atoms with Gasteiger partial charge < -0.3 is 9.15 Å². The van der Waals surface area contributed by atoms with Crippen molar-refractivity contribution in [3.63, 3.8) is 0 Å². The summed E-state index contributed by atoms with van der Waals surface area (Å²) in [7, 11) is 0. The fourth-order valence-corrected chi connectivity index (χ4v) is 2.10. The molecule has 0 amide bonds. The highest BCUT2D eigenvalue weighted by atomic mass is 16.5. The lowest BCUT2D eigenvalue weighted by molar-refractivity contribution is 0.0439. The number of esters is 1. The van der Waals surface area contributed by atoms with Crippen LogP contribution >= 0.6 is 0 Å². The summed E-state index contributed by atoms with van der Waals surface area (Å²) in [5.74, 6) is 0.644. The average molecular weight is 293 g/mol. The highest BCUT2D eigenvalue weighted by molar-refractivity contribution is 5.89. The predicted molar refractivity (Wildman–Crippen MR) is 82.2 cm³/mol. The zero-order chi connectivity index (χ0) is 15.4. The van der Waals surface area contributed by atoms with Crippen LogP contribution in [0, 0.1) is 6.92 Å². The number of ether oxygens (including phenoxy) is 1. The lowest BCUT2D eigenvalue weighted by Crippen LogP contribution is -2.05. The van der Waals surface area contributed by atoms with E-state index in [0.29, 0.717) is 17.2 Å². The molecule has 2 aromatic carbocycles. The number of hydrogen-bond donors (Lipinski definition) is 0.